The molecule has 0 aliphatic heterocycles. The predicted octanol–water partition coefficient (Wildman–Crippen LogP) is 2.31. The van der Waals surface area contributed by atoms with Gasteiger partial charge in [0.1, 0.15) is 11.6 Å². The van der Waals surface area contributed by atoms with E-state index in [1.807, 2.05) is 6.92 Å². The van der Waals surface area contributed by atoms with Gasteiger partial charge in [0.2, 0.25) is 0 Å². The first-order chi connectivity index (χ1) is 10.0. The minimum Gasteiger partial charge on any atom is -0.496 e. The van der Waals surface area contributed by atoms with E-state index in [1.54, 1.807) is 19.1 Å². The van der Waals surface area contributed by atoms with Crippen molar-refractivity contribution < 1.29 is 19.0 Å². The lowest BCUT2D eigenvalue weighted by Crippen LogP contribution is -2.43. The van der Waals surface area contributed by atoms with Crippen LogP contribution >= 0.6 is 0 Å². The van der Waals surface area contributed by atoms with Gasteiger partial charge < -0.3 is 20.1 Å². The highest BCUT2D eigenvalue weighted by Crippen LogP contribution is 2.27. The van der Waals surface area contributed by atoms with Crippen molar-refractivity contribution in [2.75, 3.05) is 26.8 Å². The van der Waals surface area contributed by atoms with Gasteiger partial charge in [-0.2, -0.15) is 0 Å². The number of ether oxygens (including phenoxy) is 1. The molecule has 0 fully saturated rings. The van der Waals surface area contributed by atoms with Gasteiger partial charge >= 0.3 is 6.03 Å². The molecule has 0 aromatic heterocycles. The number of carbonyl (C=O) groups is 1. The number of halogens is 1. The molecule has 0 spiro atoms. The summed E-state index contributed by atoms with van der Waals surface area (Å²) in [5.41, 5.74) is 0.314. The van der Waals surface area contributed by atoms with E-state index in [1.165, 1.54) is 18.1 Å². The lowest BCUT2D eigenvalue weighted by atomic mass is 10.1. The monoisotopic (exact) mass is 298 g/mol. The van der Waals surface area contributed by atoms with Crippen LogP contribution < -0.4 is 10.1 Å². The SMILES string of the molecule is CCCN(CCO)C(=O)NC(C)c1c(F)cccc1OC. The van der Waals surface area contributed by atoms with Gasteiger partial charge in [-0.3, -0.25) is 0 Å². The Morgan fingerprint density at radius 2 is 2.19 bits per heavy atom. The summed E-state index contributed by atoms with van der Waals surface area (Å²) in [5.74, 6) is -0.0293. The number of carbonyl (C=O) groups excluding carboxylic acids is 1. The van der Waals surface area contributed by atoms with Crippen LogP contribution in [0.15, 0.2) is 18.2 Å². The van der Waals surface area contributed by atoms with E-state index in [9.17, 15) is 9.18 Å². The van der Waals surface area contributed by atoms with Crippen LogP contribution in [0.25, 0.3) is 0 Å². The molecule has 1 aromatic rings. The first-order valence-electron chi connectivity index (χ1n) is 7.03. The number of aliphatic hydroxyl groups excluding tert-OH is 1. The Bertz CT molecular complexity index is 462. The number of hydrogen-bond acceptors (Lipinski definition) is 3. The fourth-order valence-electron chi connectivity index (χ4n) is 2.17. The Labute approximate surface area is 124 Å². The number of amides is 2. The Kier molecular flexibility index (Phi) is 6.94. The van der Waals surface area contributed by atoms with Crippen molar-refractivity contribution in [2.45, 2.75) is 26.3 Å². The summed E-state index contributed by atoms with van der Waals surface area (Å²) >= 11 is 0. The van der Waals surface area contributed by atoms with E-state index in [4.69, 9.17) is 9.84 Å². The number of nitrogens with one attached hydrogen (secondary N) is 1. The fraction of sp³-hybridized carbons (Fsp3) is 0.533. The molecule has 5 nitrogen and oxygen atoms in total. The predicted molar refractivity (Wildman–Crippen MR) is 78.8 cm³/mol. The maximum absolute atomic E-state index is 14.0. The molecule has 0 radical (unpaired) electrons. The Morgan fingerprint density at radius 3 is 2.76 bits per heavy atom. The van der Waals surface area contributed by atoms with Crippen molar-refractivity contribution in [3.8, 4) is 5.75 Å². The van der Waals surface area contributed by atoms with Crippen molar-refractivity contribution in [1.29, 1.82) is 0 Å². The minimum atomic E-state index is -0.535. The van der Waals surface area contributed by atoms with Gasteiger partial charge in [0.05, 0.1) is 25.3 Å². The minimum absolute atomic E-state index is 0.106. The number of hydrogen-bond donors (Lipinski definition) is 2. The van der Waals surface area contributed by atoms with Gasteiger partial charge in [-0.1, -0.05) is 13.0 Å². The van der Waals surface area contributed by atoms with Gasteiger partial charge in [-0.15, -0.1) is 0 Å². The second-order valence-electron chi connectivity index (χ2n) is 4.74. The molecule has 1 unspecified atom stereocenters. The van der Waals surface area contributed by atoms with E-state index in [0.29, 0.717) is 17.9 Å². The van der Waals surface area contributed by atoms with Crippen LogP contribution in [0.3, 0.4) is 0 Å². The average Bonchev–Trinajstić information content (AvgIpc) is 2.46. The highest BCUT2D eigenvalue weighted by Gasteiger charge is 2.20. The molecular weight excluding hydrogens is 275 g/mol. The van der Waals surface area contributed by atoms with Crippen LogP contribution in [0.2, 0.25) is 0 Å². The summed E-state index contributed by atoms with van der Waals surface area (Å²) in [6, 6.07) is 3.67. The van der Waals surface area contributed by atoms with Gasteiger partial charge in [0.15, 0.2) is 0 Å². The second kappa shape index (κ2) is 8.46. The van der Waals surface area contributed by atoms with Crippen LogP contribution in [0.5, 0.6) is 5.75 Å². The zero-order chi connectivity index (χ0) is 15.8. The molecule has 1 rings (SSSR count). The maximum atomic E-state index is 14.0. The lowest BCUT2D eigenvalue weighted by molar-refractivity contribution is 0.174. The summed E-state index contributed by atoms with van der Waals surface area (Å²) in [6.07, 6.45) is 0.783. The Morgan fingerprint density at radius 1 is 1.48 bits per heavy atom. The number of nitrogens with zero attached hydrogens (tertiary/aromatic N) is 1. The van der Waals surface area contributed by atoms with Crippen LogP contribution in [0.4, 0.5) is 9.18 Å². The highest BCUT2D eigenvalue weighted by atomic mass is 19.1. The third kappa shape index (κ3) is 4.60. The van der Waals surface area contributed by atoms with Crippen molar-refractivity contribution in [2.24, 2.45) is 0 Å². The van der Waals surface area contributed by atoms with Crippen molar-refractivity contribution in [3.63, 3.8) is 0 Å². The summed E-state index contributed by atoms with van der Waals surface area (Å²) < 4.78 is 19.1. The normalized spacial score (nSPS) is 11.9. The third-order valence-corrected chi connectivity index (χ3v) is 3.16. The largest absolute Gasteiger partial charge is 0.496 e. The zero-order valence-corrected chi connectivity index (χ0v) is 12.7. The number of urea groups is 1. The van der Waals surface area contributed by atoms with Crippen molar-refractivity contribution in [1.82, 2.24) is 10.2 Å². The number of aliphatic hydroxyl groups is 1. The van der Waals surface area contributed by atoms with Crippen LogP contribution in [0.1, 0.15) is 31.9 Å². The lowest BCUT2D eigenvalue weighted by Gasteiger charge is -2.25. The Balaban J connectivity index is 2.85. The average molecular weight is 298 g/mol. The summed E-state index contributed by atoms with van der Waals surface area (Å²) in [6.45, 7) is 4.32. The molecular formula is C15H23FN2O3. The molecule has 0 saturated heterocycles. The van der Waals surface area contributed by atoms with Crippen LogP contribution in [0, 0.1) is 5.82 Å². The first kappa shape index (κ1) is 17.2. The molecule has 21 heavy (non-hydrogen) atoms. The molecule has 2 amide bonds. The molecule has 6 heteroatoms. The quantitative estimate of drug-likeness (QED) is 0.812. The topological polar surface area (TPSA) is 61.8 Å². The number of benzene rings is 1. The van der Waals surface area contributed by atoms with Crippen molar-refractivity contribution >= 4 is 6.03 Å². The molecule has 0 aliphatic rings. The molecule has 0 heterocycles. The molecule has 0 saturated carbocycles. The summed E-state index contributed by atoms with van der Waals surface area (Å²) in [5, 5.41) is 11.7. The number of rotatable bonds is 7. The molecule has 1 atom stereocenters. The maximum Gasteiger partial charge on any atom is 0.317 e. The van der Waals surface area contributed by atoms with Gasteiger partial charge in [-0.05, 0) is 25.5 Å². The molecule has 0 aliphatic carbocycles. The standard InChI is InChI=1S/C15H23FN2O3/c1-4-8-18(9-10-19)15(20)17-11(2)14-12(16)6-5-7-13(14)21-3/h5-7,11,19H,4,8-10H2,1-3H3,(H,17,20). The molecule has 2 N–H and O–H groups in total. The van der Waals surface area contributed by atoms with Gasteiger partial charge in [-0.25, -0.2) is 9.18 Å². The van der Waals surface area contributed by atoms with E-state index in [-0.39, 0.29) is 19.2 Å². The summed E-state index contributed by atoms with van der Waals surface area (Å²) in [7, 11) is 1.46. The van der Waals surface area contributed by atoms with E-state index in [0.717, 1.165) is 6.42 Å². The Hall–Kier alpha value is -1.82. The smallest absolute Gasteiger partial charge is 0.317 e. The second-order valence-corrected chi connectivity index (χ2v) is 4.74. The molecule has 1 aromatic carbocycles. The molecule has 0 bridgehead atoms. The van der Waals surface area contributed by atoms with E-state index < -0.39 is 11.9 Å². The zero-order valence-electron chi connectivity index (χ0n) is 12.7. The van der Waals surface area contributed by atoms with Gasteiger partial charge in [0.25, 0.3) is 0 Å². The third-order valence-electron chi connectivity index (χ3n) is 3.16. The molecule has 118 valence electrons. The number of methoxy groups -OCH3 is 1. The van der Waals surface area contributed by atoms with E-state index in [2.05, 4.69) is 5.32 Å². The highest BCUT2D eigenvalue weighted by molar-refractivity contribution is 5.74. The van der Waals surface area contributed by atoms with Crippen LogP contribution in [-0.2, 0) is 0 Å². The van der Waals surface area contributed by atoms with Crippen LogP contribution in [-0.4, -0.2) is 42.8 Å². The van der Waals surface area contributed by atoms with Gasteiger partial charge in [0, 0.05) is 13.1 Å². The fourth-order valence-corrected chi connectivity index (χ4v) is 2.17. The summed E-state index contributed by atoms with van der Waals surface area (Å²) in [4.78, 5) is 13.7. The van der Waals surface area contributed by atoms with Crippen molar-refractivity contribution in [3.05, 3.63) is 29.6 Å². The van der Waals surface area contributed by atoms with E-state index >= 15 is 0 Å². The first-order valence-corrected chi connectivity index (χ1v) is 7.03.